The Morgan fingerprint density at radius 3 is 2.50 bits per heavy atom. The van der Waals surface area contributed by atoms with Gasteiger partial charge in [0, 0.05) is 0 Å². The zero-order valence-electron chi connectivity index (χ0n) is 16.5. The van der Waals surface area contributed by atoms with Crippen LogP contribution in [0.1, 0.15) is 25.8 Å². The lowest BCUT2D eigenvalue weighted by molar-refractivity contribution is -0.131. The van der Waals surface area contributed by atoms with Crippen molar-refractivity contribution in [1.29, 1.82) is 0 Å². The Bertz CT molecular complexity index is 736. The fourth-order valence-corrected chi connectivity index (χ4v) is 2.90. The molecule has 0 bridgehead atoms. The Kier molecular flexibility index (Phi) is 7.22. The first-order valence-electron chi connectivity index (χ1n) is 9.03. The van der Waals surface area contributed by atoms with Crippen molar-refractivity contribution in [3.05, 3.63) is 23.8 Å². The van der Waals surface area contributed by atoms with Gasteiger partial charge >= 0.3 is 6.03 Å². The molecule has 28 heavy (non-hydrogen) atoms. The van der Waals surface area contributed by atoms with Crippen LogP contribution in [0.15, 0.2) is 18.2 Å². The summed E-state index contributed by atoms with van der Waals surface area (Å²) in [5, 5.41) is 14.5. The Balaban J connectivity index is 2.02. The number of amides is 4. The molecule has 1 fully saturated rings. The number of imide groups is 1. The summed E-state index contributed by atoms with van der Waals surface area (Å²) in [6.07, 6.45) is -0.184. The third kappa shape index (κ3) is 4.92. The molecule has 0 aliphatic carbocycles. The molecule has 0 radical (unpaired) electrons. The van der Waals surface area contributed by atoms with Crippen LogP contribution < -0.4 is 20.1 Å². The molecular weight excluding hydrogens is 366 g/mol. The van der Waals surface area contributed by atoms with Gasteiger partial charge in [-0.05, 0) is 23.6 Å². The summed E-state index contributed by atoms with van der Waals surface area (Å²) in [6, 6.07) is 3.23. The molecule has 0 unspecified atom stereocenters. The molecule has 2 rings (SSSR count). The first kappa shape index (κ1) is 21.5. The Labute approximate surface area is 164 Å². The molecule has 2 atom stereocenters. The first-order chi connectivity index (χ1) is 13.3. The van der Waals surface area contributed by atoms with E-state index in [1.54, 1.807) is 18.2 Å². The molecule has 9 nitrogen and oxygen atoms in total. The van der Waals surface area contributed by atoms with Crippen LogP contribution in [0.25, 0.3) is 0 Å². The number of urea groups is 1. The van der Waals surface area contributed by atoms with Gasteiger partial charge in [-0.3, -0.25) is 14.5 Å². The number of nitrogens with zero attached hydrogens (tertiary/aromatic N) is 1. The largest absolute Gasteiger partial charge is 0.493 e. The number of benzene rings is 1. The zero-order chi connectivity index (χ0) is 20.8. The lowest BCUT2D eigenvalue weighted by Crippen LogP contribution is -2.44. The highest BCUT2D eigenvalue weighted by molar-refractivity contribution is 6.05. The maximum absolute atomic E-state index is 12.6. The van der Waals surface area contributed by atoms with E-state index in [2.05, 4.69) is 10.6 Å². The number of methoxy groups -OCH3 is 2. The highest BCUT2D eigenvalue weighted by Crippen LogP contribution is 2.28. The van der Waals surface area contributed by atoms with Crippen LogP contribution in [0.3, 0.4) is 0 Å². The molecule has 9 heteroatoms. The second-order valence-corrected chi connectivity index (χ2v) is 6.92. The van der Waals surface area contributed by atoms with Crippen LogP contribution >= 0.6 is 0 Å². The fraction of sp³-hybridized carbons (Fsp3) is 0.526. The van der Waals surface area contributed by atoms with Crippen LogP contribution in [-0.2, 0) is 16.1 Å². The van der Waals surface area contributed by atoms with Gasteiger partial charge in [0.25, 0.3) is 5.91 Å². The number of carbonyl (C=O) groups excluding carboxylic acids is 3. The van der Waals surface area contributed by atoms with Crippen LogP contribution in [0, 0.1) is 5.92 Å². The number of nitrogens with one attached hydrogen (secondary N) is 2. The average molecular weight is 393 g/mol. The molecule has 154 valence electrons. The molecule has 1 heterocycles. The molecule has 1 aliphatic rings. The molecule has 1 saturated heterocycles. The van der Waals surface area contributed by atoms with Gasteiger partial charge in [-0.15, -0.1) is 0 Å². The summed E-state index contributed by atoms with van der Waals surface area (Å²) in [6.45, 7) is 3.59. The van der Waals surface area contributed by atoms with E-state index in [0.717, 1.165) is 4.90 Å². The maximum Gasteiger partial charge on any atom is 0.325 e. The number of carbonyl (C=O) groups is 3. The number of aliphatic hydroxyl groups excluding tert-OH is 1. The number of aliphatic hydroxyl groups is 1. The van der Waals surface area contributed by atoms with E-state index in [-0.39, 0.29) is 25.5 Å². The van der Waals surface area contributed by atoms with E-state index in [1.807, 2.05) is 13.8 Å². The van der Waals surface area contributed by atoms with Crippen LogP contribution in [0.5, 0.6) is 11.5 Å². The van der Waals surface area contributed by atoms with Crippen LogP contribution in [0.2, 0.25) is 0 Å². The van der Waals surface area contributed by atoms with Crippen molar-refractivity contribution in [2.24, 2.45) is 5.92 Å². The van der Waals surface area contributed by atoms with Gasteiger partial charge in [-0.2, -0.15) is 0 Å². The highest BCUT2D eigenvalue weighted by Gasteiger charge is 2.39. The average Bonchev–Trinajstić information content (AvgIpc) is 2.92. The summed E-state index contributed by atoms with van der Waals surface area (Å²) in [4.78, 5) is 38.0. The molecular formula is C19H27N3O6. The van der Waals surface area contributed by atoms with Crippen LogP contribution in [0.4, 0.5) is 4.79 Å². The minimum Gasteiger partial charge on any atom is -0.493 e. The number of hydrogen-bond acceptors (Lipinski definition) is 6. The Hall–Kier alpha value is -2.81. The van der Waals surface area contributed by atoms with E-state index >= 15 is 0 Å². The second kappa shape index (κ2) is 9.41. The van der Waals surface area contributed by atoms with Crippen molar-refractivity contribution in [3.8, 4) is 11.5 Å². The summed E-state index contributed by atoms with van der Waals surface area (Å²) >= 11 is 0. The maximum atomic E-state index is 12.6. The van der Waals surface area contributed by atoms with Gasteiger partial charge in [0.05, 0.1) is 39.8 Å². The summed E-state index contributed by atoms with van der Waals surface area (Å²) in [5.41, 5.74) is 0.686. The molecule has 0 spiro atoms. The van der Waals surface area contributed by atoms with Crippen molar-refractivity contribution in [2.75, 3.05) is 20.8 Å². The van der Waals surface area contributed by atoms with E-state index in [0.29, 0.717) is 17.1 Å². The van der Waals surface area contributed by atoms with Crippen molar-refractivity contribution < 1.29 is 29.0 Å². The predicted molar refractivity (Wildman–Crippen MR) is 101 cm³/mol. The standard InChI is InChI=1S/C19H27N3O6/c1-11(2)14(10-23)20-17(24)8-13-18(25)22(19(26)21-13)9-12-5-6-15(27-3)16(7-12)28-4/h5-7,11,13-14,23H,8-10H2,1-4H3,(H,20,24)(H,21,26)/t13-,14-/m0/s1. The van der Waals surface area contributed by atoms with Gasteiger partial charge in [0.1, 0.15) is 6.04 Å². The predicted octanol–water partition coefficient (Wildman–Crippen LogP) is 0.647. The molecule has 3 N–H and O–H groups in total. The number of hydrogen-bond donors (Lipinski definition) is 3. The van der Waals surface area contributed by atoms with E-state index in [9.17, 15) is 19.5 Å². The summed E-state index contributed by atoms with van der Waals surface area (Å²) in [5.74, 6) is 0.206. The number of rotatable bonds is 9. The van der Waals surface area contributed by atoms with Gasteiger partial charge in [-0.25, -0.2) is 4.79 Å². The normalized spacial score (nSPS) is 17.5. The third-order valence-electron chi connectivity index (χ3n) is 4.63. The van der Waals surface area contributed by atoms with Gasteiger partial charge < -0.3 is 25.2 Å². The Morgan fingerprint density at radius 1 is 1.25 bits per heavy atom. The minimum atomic E-state index is -0.931. The molecule has 4 amide bonds. The lowest BCUT2D eigenvalue weighted by Gasteiger charge is -2.20. The summed E-state index contributed by atoms with van der Waals surface area (Å²) in [7, 11) is 3.02. The van der Waals surface area contributed by atoms with E-state index in [4.69, 9.17) is 9.47 Å². The van der Waals surface area contributed by atoms with Crippen molar-refractivity contribution >= 4 is 17.8 Å². The Morgan fingerprint density at radius 2 is 1.93 bits per heavy atom. The van der Waals surface area contributed by atoms with Gasteiger partial charge in [0.15, 0.2) is 11.5 Å². The zero-order valence-corrected chi connectivity index (χ0v) is 16.5. The van der Waals surface area contributed by atoms with Crippen molar-refractivity contribution in [2.45, 2.75) is 38.9 Å². The second-order valence-electron chi connectivity index (χ2n) is 6.92. The van der Waals surface area contributed by atoms with E-state index < -0.39 is 29.9 Å². The van der Waals surface area contributed by atoms with Gasteiger partial charge in [-0.1, -0.05) is 19.9 Å². The molecule has 0 aromatic heterocycles. The monoisotopic (exact) mass is 393 g/mol. The number of ether oxygens (including phenoxy) is 2. The highest BCUT2D eigenvalue weighted by atomic mass is 16.5. The van der Waals surface area contributed by atoms with Crippen LogP contribution in [-0.4, -0.2) is 60.8 Å². The van der Waals surface area contributed by atoms with Crippen molar-refractivity contribution in [3.63, 3.8) is 0 Å². The van der Waals surface area contributed by atoms with Gasteiger partial charge in [0.2, 0.25) is 5.91 Å². The third-order valence-corrected chi connectivity index (χ3v) is 4.63. The SMILES string of the molecule is COc1ccc(CN2C(=O)N[C@@H](CC(=O)N[C@@H](CO)C(C)C)C2=O)cc1OC. The lowest BCUT2D eigenvalue weighted by atomic mass is 10.0. The minimum absolute atomic E-state index is 0.0457. The summed E-state index contributed by atoms with van der Waals surface area (Å²) < 4.78 is 10.4. The quantitative estimate of drug-likeness (QED) is 0.530. The molecule has 1 aromatic rings. The van der Waals surface area contributed by atoms with Crippen molar-refractivity contribution in [1.82, 2.24) is 15.5 Å². The topological polar surface area (TPSA) is 117 Å². The smallest absolute Gasteiger partial charge is 0.325 e. The first-order valence-corrected chi connectivity index (χ1v) is 9.03. The fourth-order valence-electron chi connectivity index (χ4n) is 2.90. The molecule has 1 aromatic carbocycles. The molecule has 1 aliphatic heterocycles. The van der Waals surface area contributed by atoms with E-state index in [1.165, 1.54) is 14.2 Å². The molecule has 0 saturated carbocycles.